The average Bonchev–Trinajstić information content (AvgIpc) is 2.55. The quantitative estimate of drug-likeness (QED) is 0.840. The van der Waals surface area contributed by atoms with Crippen LogP contribution in [-0.4, -0.2) is 41.7 Å². The van der Waals surface area contributed by atoms with Crippen molar-refractivity contribution in [2.75, 3.05) is 19.0 Å². The second kappa shape index (κ2) is 7.82. The third-order valence-electron chi connectivity index (χ3n) is 4.27. The van der Waals surface area contributed by atoms with E-state index in [2.05, 4.69) is 5.32 Å². The molecule has 0 atom stereocenters. The zero-order valence-corrected chi connectivity index (χ0v) is 14.6. The molecule has 23 heavy (non-hydrogen) atoms. The molecule has 0 spiro atoms. The zero-order valence-electron chi connectivity index (χ0n) is 13.8. The van der Waals surface area contributed by atoms with Crippen molar-refractivity contribution in [1.82, 2.24) is 10.2 Å². The van der Waals surface area contributed by atoms with Gasteiger partial charge in [0.25, 0.3) is 0 Å². The zero-order chi connectivity index (χ0) is 16.9. The lowest BCUT2D eigenvalue weighted by molar-refractivity contribution is -0.140. The number of piperidine rings is 1. The summed E-state index contributed by atoms with van der Waals surface area (Å²) in [6, 6.07) is 9.87. The minimum Gasteiger partial charge on any atom is -0.353 e. The molecule has 1 saturated heterocycles. The van der Waals surface area contributed by atoms with Gasteiger partial charge in [-0.2, -0.15) is 0 Å². The summed E-state index contributed by atoms with van der Waals surface area (Å²) in [5, 5.41) is 3.08. The standard InChI is InChI=1S/C18H25ClN2O2/c1-18(2,13-19)17(23)21-10-8-15(9-11-21)20-16(22)12-14-6-4-3-5-7-14/h3-7,15H,8-13H2,1-2H3,(H,20,22). The van der Waals surface area contributed by atoms with Crippen molar-refractivity contribution in [3.05, 3.63) is 35.9 Å². The summed E-state index contributed by atoms with van der Waals surface area (Å²) in [7, 11) is 0. The van der Waals surface area contributed by atoms with E-state index in [1.165, 1.54) is 0 Å². The number of amides is 2. The van der Waals surface area contributed by atoms with Crippen molar-refractivity contribution in [3.8, 4) is 0 Å². The van der Waals surface area contributed by atoms with E-state index in [1.54, 1.807) is 0 Å². The molecule has 5 heteroatoms. The highest BCUT2D eigenvalue weighted by Gasteiger charge is 2.33. The van der Waals surface area contributed by atoms with Gasteiger partial charge in [0.1, 0.15) is 0 Å². The maximum Gasteiger partial charge on any atom is 0.229 e. The molecule has 4 nitrogen and oxygen atoms in total. The van der Waals surface area contributed by atoms with Gasteiger partial charge in [-0.15, -0.1) is 11.6 Å². The number of alkyl halides is 1. The average molecular weight is 337 g/mol. The summed E-state index contributed by atoms with van der Waals surface area (Å²) in [6.07, 6.45) is 1.99. The summed E-state index contributed by atoms with van der Waals surface area (Å²) >= 11 is 5.88. The van der Waals surface area contributed by atoms with Crippen LogP contribution < -0.4 is 5.32 Å². The first-order valence-electron chi connectivity index (χ1n) is 8.11. The number of likely N-dealkylation sites (tertiary alicyclic amines) is 1. The van der Waals surface area contributed by atoms with E-state index in [0.29, 0.717) is 25.4 Å². The fourth-order valence-corrected chi connectivity index (χ4v) is 2.89. The fraction of sp³-hybridized carbons (Fsp3) is 0.556. The number of hydrogen-bond acceptors (Lipinski definition) is 2. The van der Waals surface area contributed by atoms with E-state index in [-0.39, 0.29) is 17.9 Å². The Morgan fingerprint density at radius 3 is 2.39 bits per heavy atom. The van der Waals surface area contributed by atoms with Crippen LogP contribution in [0.4, 0.5) is 0 Å². The predicted octanol–water partition coefficient (Wildman–Crippen LogP) is 2.60. The lowest BCUT2D eigenvalue weighted by Crippen LogP contribution is -2.50. The van der Waals surface area contributed by atoms with Crippen molar-refractivity contribution < 1.29 is 9.59 Å². The maximum atomic E-state index is 12.4. The first kappa shape index (κ1) is 17.8. The van der Waals surface area contributed by atoms with Crippen molar-refractivity contribution in [1.29, 1.82) is 0 Å². The van der Waals surface area contributed by atoms with E-state index in [9.17, 15) is 9.59 Å². The minimum atomic E-state index is -0.523. The topological polar surface area (TPSA) is 49.4 Å². The summed E-state index contributed by atoms with van der Waals surface area (Å²) in [6.45, 7) is 5.09. The van der Waals surface area contributed by atoms with Gasteiger partial charge < -0.3 is 10.2 Å². The third-order valence-corrected chi connectivity index (χ3v) is 4.94. The Morgan fingerprint density at radius 2 is 1.83 bits per heavy atom. The molecule has 2 rings (SSSR count). The number of nitrogens with zero attached hydrogens (tertiary/aromatic N) is 1. The Labute approximate surface area is 143 Å². The molecule has 1 aliphatic rings. The van der Waals surface area contributed by atoms with Gasteiger partial charge >= 0.3 is 0 Å². The third kappa shape index (κ3) is 4.96. The van der Waals surface area contributed by atoms with E-state index in [0.717, 1.165) is 18.4 Å². The Bertz CT molecular complexity index is 537. The van der Waals surface area contributed by atoms with Gasteiger partial charge in [-0.3, -0.25) is 9.59 Å². The highest BCUT2D eigenvalue weighted by atomic mass is 35.5. The van der Waals surface area contributed by atoms with Crippen molar-refractivity contribution in [3.63, 3.8) is 0 Å². The number of nitrogens with one attached hydrogen (secondary N) is 1. The Balaban J connectivity index is 1.78. The number of carbonyl (C=O) groups excluding carboxylic acids is 2. The molecule has 0 aromatic heterocycles. The summed E-state index contributed by atoms with van der Waals surface area (Å²) in [4.78, 5) is 26.3. The van der Waals surface area contributed by atoms with Crippen LogP contribution in [0.2, 0.25) is 0 Å². The number of benzene rings is 1. The van der Waals surface area contributed by atoms with E-state index >= 15 is 0 Å². The monoisotopic (exact) mass is 336 g/mol. The minimum absolute atomic E-state index is 0.0436. The first-order chi connectivity index (χ1) is 10.9. The van der Waals surface area contributed by atoms with Gasteiger partial charge in [-0.1, -0.05) is 30.3 Å². The van der Waals surface area contributed by atoms with E-state index in [4.69, 9.17) is 11.6 Å². The van der Waals surface area contributed by atoms with Gasteiger partial charge in [0.05, 0.1) is 11.8 Å². The van der Waals surface area contributed by atoms with Gasteiger partial charge in [0.2, 0.25) is 11.8 Å². The second-order valence-electron chi connectivity index (χ2n) is 6.81. The van der Waals surface area contributed by atoms with Crippen molar-refractivity contribution in [2.45, 2.75) is 39.2 Å². The summed E-state index contributed by atoms with van der Waals surface area (Å²) in [5.74, 6) is 0.461. The second-order valence-corrected chi connectivity index (χ2v) is 7.08. The lowest BCUT2D eigenvalue weighted by atomic mass is 9.92. The Morgan fingerprint density at radius 1 is 1.22 bits per heavy atom. The molecular formula is C18H25ClN2O2. The van der Waals surface area contributed by atoms with Gasteiger partial charge in [-0.25, -0.2) is 0 Å². The van der Waals surface area contributed by atoms with Crippen molar-refractivity contribution in [2.24, 2.45) is 5.41 Å². The largest absolute Gasteiger partial charge is 0.353 e. The molecule has 1 aliphatic heterocycles. The molecule has 0 aliphatic carbocycles. The van der Waals surface area contributed by atoms with Gasteiger partial charge in [-0.05, 0) is 32.3 Å². The Hall–Kier alpha value is -1.55. The van der Waals surface area contributed by atoms with Crippen molar-refractivity contribution >= 4 is 23.4 Å². The smallest absolute Gasteiger partial charge is 0.229 e. The number of hydrogen-bond donors (Lipinski definition) is 1. The SMILES string of the molecule is CC(C)(CCl)C(=O)N1CCC(NC(=O)Cc2ccccc2)CC1. The molecule has 126 valence electrons. The molecule has 1 N–H and O–H groups in total. The van der Waals surface area contributed by atoms with Gasteiger partial charge in [0.15, 0.2) is 0 Å². The van der Waals surface area contributed by atoms with Gasteiger partial charge in [0, 0.05) is 25.0 Å². The molecule has 1 heterocycles. The number of halogens is 1. The first-order valence-corrected chi connectivity index (χ1v) is 8.64. The van der Waals surface area contributed by atoms with Crippen LogP contribution in [0.3, 0.4) is 0 Å². The molecule has 1 aromatic carbocycles. The summed E-state index contributed by atoms with van der Waals surface area (Å²) in [5.41, 5.74) is 0.492. The highest BCUT2D eigenvalue weighted by Crippen LogP contribution is 2.23. The number of carbonyl (C=O) groups is 2. The summed E-state index contributed by atoms with van der Waals surface area (Å²) < 4.78 is 0. The molecule has 1 aromatic rings. The van der Waals surface area contributed by atoms with Crippen LogP contribution in [0.15, 0.2) is 30.3 Å². The molecule has 1 fully saturated rings. The van der Waals surface area contributed by atoms with Crippen LogP contribution in [0, 0.1) is 5.41 Å². The lowest BCUT2D eigenvalue weighted by Gasteiger charge is -2.36. The molecule has 0 saturated carbocycles. The van der Waals surface area contributed by atoms with E-state index in [1.807, 2.05) is 49.1 Å². The van der Waals surface area contributed by atoms with Crippen LogP contribution in [0.5, 0.6) is 0 Å². The van der Waals surface area contributed by atoms with Crippen LogP contribution in [-0.2, 0) is 16.0 Å². The normalized spacial score (nSPS) is 16.2. The van der Waals surface area contributed by atoms with Crippen LogP contribution in [0.25, 0.3) is 0 Å². The number of rotatable bonds is 5. The van der Waals surface area contributed by atoms with E-state index < -0.39 is 5.41 Å². The van der Waals surface area contributed by atoms with Crippen LogP contribution >= 0.6 is 11.6 Å². The predicted molar refractivity (Wildman–Crippen MR) is 92.4 cm³/mol. The maximum absolute atomic E-state index is 12.4. The molecule has 0 bridgehead atoms. The molecular weight excluding hydrogens is 312 g/mol. The molecule has 0 unspecified atom stereocenters. The highest BCUT2D eigenvalue weighted by molar-refractivity contribution is 6.19. The molecule has 2 amide bonds. The fourth-order valence-electron chi connectivity index (χ4n) is 2.77. The molecule has 0 radical (unpaired) electrons. The Kier molecular flexibility index (Phi) is 6.05. The van der Waals surface area contributed by atoms with Crippen LogP contribution in [0.1, 0.15) is 32.3 Å².